The molecule has 0 aromatic heterocycles. The first kappa shape index (κ1) is 12.2. The number of dihydropyridines is 1. The molecule has 0 aromatic carbocycles. The van der Waals surface area contributed by atoms with E-state index in [1.165, 1.54) is 0 Å². The molecular weight excluding hydrogens is 215 g/mol. The van der Waals surface area contributed by atoms with Crippen molar-refractivity contribution in [2.45, 2.75) is 38.9 Å². The Kier molecular flexibility index (Phi) is 2.80. The van der Waals surface area contributed by atoms with Gasteiger partial charge in [0.2, 0.25) is 0 Å². The van der Waals surface area contributed by atoms with Crippen LogP contribution in [-0.2, 0) is 9.31 Å². The van der Waals surface area contributed by atoms with Gasteiger partial charge in [0.25, 0.3) is 0 Å². The van der Waals surface area contributed by atoms with E-state index in [1.807, 2.05) is 40.0 Å². The maximum atomic E-state index is 8.89. The second kappa shape index (κ2) is 3.90. The zero-order valence-corrected chi connectivity index (χ0v) is 10.7. The van der Waals surface area contributed by atoms with Crippen LogP contribution in [0.15, 0.2) is 23.3 Å². The van der Waals surface area contributed by atoms with Gasteiger partial charge in [-0.1, -0.05) is 0 Å². The summed E-state index contributed by atoms with van der Waals surface area (Å²) in [6.45, 7) is 8.62. The third kappa shape index (κ3) is 2.11. The SMILES string of the molecule is CC1(C)OB(C2=CNCC(C#N)=C2)OC1(C)C. The Balaban J connectivity index is 2.20. The highest BCUT2D eigenvalue weighted by molar-refractivity contribution is 6.55. The third-order valence-electron chi connectivity index (χ3n) is 3.57. The van der Waals surface area contributed by atoms with Crippen LogP contribution in [0.5, 0.6) is 0 Å². The summed E-state index contributed by atoms with van der Waals surface area (Å²) in [5, 5.41) is 11.9. The summed E-state index contributed by atoms with van der Waals surface area (Å²) in [6.07, 6.45) is 3.68. The van der Waals surface area contributed by atoms with Gasteiger partial charge >= 0.3 is 7.12 Å². The van der Waals surface area contributed by atoms with E-state index >= 15 is 0 Å². The fourth-order valence-electron chi connectivity index (χ4n) is 1.76. The fourth-order valence-corrected chi connectivity index (χ4v) is 1.76. The van der Waals surface area contributed by atoms with Crippen molar-refractivity contribution >= 4 is 7.12 Å². The Morgan fingerprint density at radius 3 is 2.41 bits per heavy atom. The first-order valence-electron chi connectivity index (χ1n) is 5.75. The molecule has 0 bridgehead atoms. The Morgan fingerprint density at radius 1 is 1.29 bits per heavy atom. The molecule has 17 heavy (non-hydrogen) atoms. The van der Waals surface area contributed by atoms with E-state index in [2.05, 4.69) is 11.4 Å². The summed E-state index contributed by atoms with van der Waals surface area (Å²) >= 11 is 0. The molecule has 0 spiro atoms. The van der Waals surface area contributed by atoms with Gasteiger partial charge in [-0.3, -0.25) is 0 Å². The van der Waals surface area contributed by atoms with E-state index in [1.54, 1.807) is 0 Å². The Hall–Kier alpha value is -1.25. The molecule has 5 heteroatoms. The number of rotatable bonds is 1. The lowest BCUT2D eigenvalue weighted by molar-refractivity contribution is 0.00578. The van der Waals surface area contributed by atoms with Gasteiger partial charge in [0.15, 0.2) is 0 Å². The highest BCUT2D eigenvalue weighted by atomic mass is 16.7. The third-order valence-corrected chi connectivity index (χ3v) is 3.57. The minimum atomic E-state index is -0.406. The summed E-state index contributed by atoms with van der Waals surface area (Å²) in [4.78, 5) is 0. The predicted molar refractivity (Wildman–Crippen MR) is 65.9 cm³/mol. The fraction of sp³-hybridized carbons (Fsp3) is 0.583. The number of allylic oxidation sites excluding steroid dienone is 2. The van der Waals surface area contributed by atoms with Gasteiger partial charge in [0.1, 0.15) is 0 Å². The van der Waals surface area contributed by atoms with Crippen LogP contribution in [0.1, 0.15) is 27.7 Å². The van der Waals surface area contributed by atoms with Gasteiger partial charge in [-0.25, -0.2) is 0 Å². The van der Waals surface area contributed by atoms with Gasteiger partial charge in [-0.15, -0.1) is 0 Å². The van der Waals surface area contributed by atoms with Gasteiger partial charge in [0, 0.05) is 12.1 Å². The molecule has 1 fully saturated rings. The van der Waals surface area contributed by atoms with Crippen LogP contribution >= 0.6 is 0 Å². The summed E-state index contributed by atoms with van der Waals surface area (Å²) in [5.74, 6) is 0. The van der Waals surface area contributed by atoms with E-state index in [4.69, 9.17) is 14.6 Å². The minimum Gasteiger partial charge on any atom is -0.399 e. The molecule has 2 rings (SSSR count). The average molecular weight is 232 g/mol. The van der Waals surface area contributed by atoms with Crippen LogP contribution in [-0.4, -0.2) is 24.9 Å². The lowest BCUT2D eigenvalue weighted by atomic mass is 9.77. The normalized spacial score (nSPS) is 25.7. The zero-order valence-electron chi connectivity index (χ0n) is 10.7. The lowest BCUT2D eigenvalue weighted by Gasteiger charge is -2.32. The van der Waals surface area contributed by atoms with E-state index in [0.717, 1.165) is 5.47 Å². The van der Waals surface area contributed by atoms with Crippen molar-refractivity contribution < 1.29 is 9.31 Å². The molecule has 2 heterocycles. The van der Waals surface area contributed by atoms with E-state index in [-0.39, 0.29) is 11.2 Å². The monoisotopic (exact) mass is 232 g/mol. The van der Waals surface area contributed by atoms with Crippen molar-refractivity contribution in [2.75, 3.05) is 6.54 Å². The molecule has 0 saturated carbocycles. The Bertz CT molecular complexity index is 416. The molecule has 0 radical (unpaired) electrons. The zero-order chi connectivity index (χ0) is 12.7. The summed E-state index contributed by atoms with van der Waals surface area (Å²) in [6, 6.07) is 2.15. The molecule has 90 valence electrons. The maximum Gasteiger partial charge on any atom is 0.496 e. The minimum absolute atomic E-state index is 0.351. The molecule has 2 aliphatic rings. The van der Waals surface area contributed by atoms with Crippen molar-refractivity contribution in [3.05, 3.63) is 23.3 Å². The van der Waals surface area contributed by atoms with Gasteiger partial charge in [0.05, 0.1) is 17.3 Å². The van der Waals surface area contributed by atoms with E-state index < -0.39 is 7.12 Å². The number of nitriles is 1. The van der Waals surface area contributed by atoms with Crippen LogP contribution in [0.2, 0.25) is 0 Å². The van der Waals surface area contributed by atoms with Crippen molar-refractivity contribution in [1.82, 2.24) is 5.32 Å². The average Bonchev–Trinajstić information content (AvgIpc) is 2.48. The molecular formula is C12H17BN2O2. The number of hydrogen-bond donors (Lipinski definition) is 1. The van der Waals surface area contributed by atoms with E-state index in [0.29, 0.717) is 12.1 Å². The lowest BCUT2D eigenvalue weighted by Crippen LogP contribution is -2.41. The van der Waals surface area contributed by atoms with E-state index in [9.17, 15) is 0 Å². The number of nitrogens with one attached hydrogen (secondary N) is 1. The van der Waals surface area contributed by atoms with Gasteiger partial charge in [-0.05, 0) is 45.4 Å². The van der Waals surface area contributed by atoms with Crippen molar-refractivity contribution in [1.29, 1.82) is 5.26 Å². The van der Waals surface area contributed by atoms with Crippen LogP contribution in [0.25, 0.3) is 0 Å². The van der Waals surface area contributed by atoms with Crippen molar-refractivity contribution in [3.8, 4) is 6.07 Å². The van der Waals surface area contributed by atoms with Crippen LogP contribution in [0.4, 0.5) is 0 Å². The number of hydrogen-bond acceptors (Lipinski definition) is 4. The second-order valence-electron chi connectivity index (χ2n) is 5.39. The molecule has 2 aliphatic heterocycles. The van der Waals surface area contributed by atoms with Crippen LogP contribution in [0.3, 0.4) is 0 Å². The molecule has 1 N–H and O–H groups in total. The topological polar surface area (TPSA) is 54.3 Å². The summed E-state index contributed by atoms with van der Waals surface area (Å²) in [5.41, 5.74) is 0.858. The quantitative estimate of drug-likeness (QED) is 0.697. The summed E-state index contributed by atoms with van der Waals surface area (Å²) < 4.78 is 11.8. The smallest absolute Gasteiger partial charge is 0.399 e. The molecule has 4 nitrogen and oxygen atoms in total. The van der Waals surface area contributed by atoms with Crippen LogP contribution in [0, 0.1) is 11.3 Å². The van der Waals surface area contributed by atoms with Gasteiger partial charge < -0.3 is 14.6 Å². The molecule has 0 unspecified atom stereocenters. The largest absolute Gasteiger partial charge is 0.496 e. The molecule has 0 aliphatic carbocycles. The first-order chi connectivity index (χ1) is 7.86. The highest BCUT2D eigenvalue weighted by Crippen LogP contribution is 2.38. The highest BCUT2D eigenvalue weighted by Gasteiger charge is 2.52. The van der Waals surface area contributed by atoms with Crippen molar-refractivity contribution in [3.63, 3.8) is 0 Å². The Morgan fingerprint density at radius 2 is 1.88 bits per heavy atom. The molecule has 0 aromatic rings. The first-order valence-corrected chi connectivity index (χ1v) is 5.75. The summed E-state index contributed by atoms with van der Waals surface area (Å²) in [7, 11) is -0.406. The Labute approximate surface area is 102 Å². The second-order valence-corrected chi connectivity index (χ2v) is 5.39. The predicted octanol–water partition coefficient (Wildman–Crippen LogP) is 1.55. The van der Waals surface area contributed by atoms with Crippen molar-refractivity contribution in [2.24, 2.45) is 0 Å². The molecule has 0 amide bonds. The standard InChI is InChI=1S/C12H17BN2O2/c1-11(2)12(3,4)17-13(16-11)10-5-9(6-14)7-15-8-10/h5,8,15H,7H2,1-4H3. The molecule has 0 atom stereocenters. The van der Waals surface area contributed by atoms with Crippen LogP contribution < -0.4 is 5.32 Å². The maximum absolute atomic E-state index is 8.89. The van der Waals surface area contributed by atoms with Gasteiger partial charge in [-0.2, -0.15) is 5.26 Å². The molecule has 1 saturated heterocycles. The number of nitrogens with zero attached hydrogens (tertiary/aromatic N) is 1.